The fourth-order valence-electron chi connectivity index (χ4n) is 3.37. The molecular weight excluding hydrogens is 370 g/mol. The molecular formula is C20H20ClNO3S. The van der Waals surface area contributed by atoms with E-state index in [2.05, 4.69) is 16.8 Å². The molecule has 1 aliphatic carbocycles. The van der Waals surface area contributed by atoms with Gasteiger partial charge in [-0.3, -0.25) is 4.98 Å². The molecule has 2 aromatic rings. The van der Waals surface area contributed by atoms with Gasteiger partial charge in [0.1, 0.15) is 4.88 Å². The number of nitrogens with zero attached hydrogens (tertiary/aromatic N) is 1. The molecule has 6 heteroatoms. The molecule has 0 spiro atoms. The van der Waals surface area contributed by atoms with Crippen LogP contribution in [0.5, 0.6) is 0 Å². The number of thiophene rings is 1. The lowest BCUT2D eigenvalue weighted by Crippen LogP contribution is -2.19. The van der Waals surface area contributed by atoms with Crippen LogP contribution in [0.15, 0.2) is 36.7 Å². The second kappa shape index (κ2) is 8.68. The van der Waals surface area contributed by atoms with Crippen molar-refractivity contribution in [3.8, 4) is 11.8 Å². The van der Waals surface area contributed by atoms with Crippen molar-refractivity contribution in [1.29, 1.82) is 0 Å². The van der Waals surface area contributed by atoms with E-state index in [1.54, 1.807) is 18.5 Å². The van der Waals surface area contributed by atoms with Gasteiger partial charge in [-0.05, 0) is 55.9 Å². The first-order chi connectivity index (χ1) is 12.5. The Hall–Kier alpha value is -1.87. The van der Waals surface area contributed by atoms with E-state index >= 15 is 0 Å². The molecule has 4 atom stereocenters. The first-order valence-electron chi connectivity index (χ1n) is 8.60. The number of carboxylic acid groups (broad SMARTS) is 1. The largest absolute Gasteiger partial charge is 0.477 e. The molecule has 0 bridgehead atoms. The van der Waals surface area contributed by atoms with Crippen molar-refractivity contribution < 1.29 is 15.0 Å². The Morgan fingerprint density at radius 2 is 2.08 bits per heavy atom. The summed E-state index contributed by atoms with van der Waals surface area (Å²) >= 11 is 7.78. The van der Waals surface area contributed by atoms with Gasteiger partial charge in [0.2, 0.25) is 0 Å². The summed E-state index contributed by atoms with van der Waals surface area (Å²) in [4.78, 5) is 16.4. The third-order valence-corrected chi connectivity index (χ3v) is 6.34. The molecule has 3 rings (SSSR count). The average molecular weight is 390 g/mol. The number of carbonyl (C=O) groups is 1. The summed E-state index contributed by atoms with van der Waals surface area (Å²) in [5, 5.41) is 19.2. The van der Waals surface area contributed by atoms with Crippen LogP contribution in [0.1, 0.15) is 39.4 Å². The number of carboxylic acids is 1. The lowest BCUT2D eigenvalue weighted by Gasteiger charge is -2.18. The molecule has 136 valence electrons. The van der Waals surface area contributed by atoms with Crippen LogP contribution >= 0.6 is 22.9 Å². The van der Waals surface area contributed by atoms with Gasteiger partial charge in [0.25, 0.3) is 0 Å². The molecule has 0 radical (unpaired) electrons. The molecule has 0 aromatic carbocycles. The molecule has 0 aliphatic heterocycles. The minimum atomic E-state index is -0.882. The monoisotopic (exact) mass is 389 g/mol. The van der Waals surface area contributed by atoms with Gasteiger partial charge < -0.3 is 10.2 Å². The maximum absolute atomic E-state index is 11.0. The SMILES string of the molecule is O=C(O)c1ccc(CCC[C@@H]2[C@@H](C#Cc3ccncc3)[C@H](O)C[C@@H]2Cl)s1. The Balaban J connectivity index is 1.61. The van der Waals surface area contributed by atoms with Gasteiger partial charge in [-0.2, -0.15) is 0 Å². The zero-order valence-corrected chi connectivity index (χ0v) is 15.7. The van der Waals surface area contributed by atoms with Crippen molar-refractivity contribution in [2.24, 2.45) is 11.8 Å². The smallest absolute Gasteiger partial charge is 0.345 e. The van der Waals surface area contributed by atoms with Crippen LogP contribution in [0.2, 0.25) is 0 Å². The van der Waals surface area contributed by atoms with Crippen LogP contribution in [-0.2, 0) is 6.42 Å². The van der Waals surface area contributed by atoms with Gasteiger partial charge in [0.15, 0.2) is 0 Å². The predicted molar refractivity (Wildman–Crippen MR) is 103 cm³/mol. The molecule has 2 heterocycles. The number of hydrogen-bond acceptors (Lipinski definition) is 4. The highest BCUT2D eigenvalue weighted by molar-refractivity contribution is 7.13. The van der Waals surface area contributed by atoms with Crippen molar-refractivity contribution >= 4 is 28.9 Å². The first-order valence-corrected chi connectivity index (χ1v) is 9.85. The van der Waals surface area contributed by atoms with E-state index in [1.165, 1.54) is 11.3 Å². The zero-order chi connectivity index (χ0) is 18.5. The van der Waals surface area contributed by atoms with Crippen LogP contribution in [0.4, 0.5) is 0 Å². The maximum Gasteiger partial charge on any atom is 0.345 e. The summed E-state index contributed by atoms with van der Waals surface area (Å²) in [6.07, 6.45) is 6.03. The van der Waals surface area contributed by atoms with Gasteiger partial charge in [0, 0.05) is 28.2 Å². The van der Waals surface area contributed by atoms with Crippen LogP contribution in [0, 0.1) is 23.7 Å². The van der Waals surface area contributed by atoms with Crippen molar-refractivity contribution in [3.05, 3.63) is 52.0 Å². The predicted octanol–water partition coefficient (Wildman–Crippen LogP) is 3.82. The Kier molecular flexibility index (Phi) is 6.31. The summed E-state index contributed by atoms with van der Waals surface area (Å²) in [6.45, 7) is 0. The number of hydrogen-bond donors (Lipinski definition) is 2. The van der Waals surface area contributed by atoms with E-state index in [4.69, 9.17) is 16.7 Å². The van der Waals surface area contributed by atoms with Crippen molar-refractivity contribution in [1.82, 2.24) is 4.98 Å². The quantitative estimate of drug-likeness (QED) is 0.602. The number of alkyl halides is 1. The number of aliphatic hydroxyl groups is 1. The number of aromatic nitrogens is 1. The fourth-order valence-corrected chi connectivity index (χ4v) is 4.72. The number of aromatic carboxylic acids is 1. The number of aliphatic hydroxyl groups excluding tert-OH is 1. The summed E-state index contributed by atoms with van der Waals surface area (Å²) in [5.74, 6) is 5.45. The second-order valence-electron chi connectivity index (χ2n) is 6.48. The van der Waals surface area contributed by atoms with Crippen molar-refractivity contribution in [2.75, 3.05) is 0 Å². The van der Waals surface area contributed by atoms with Crippen LogP contribution < -0.4 is 0 Å². The van der Waals surface area contributed by atoms with Crippen LogP contribution in [0.25, 0.3) is 0 Å². The van der Waals surface area contributed by atoms with E-state index in [1.807, 2.05) is 18.2 Å². The summed E-state index contributed by atoms with van der Waals surface area (Å²) in [6, 6.07) is 7.21. The van der Waals surface area contributed by atoms with Gasteiger partial charge in [0.05, 0.1) is 12.0 Å². The number of halogens is 1. The molecule has 0 saturated heterocycles. The van der Waals surface area contributed by atoms with Gasteiger partial charge in [-0.15, -0.1) is 22.9 Å². The van der Waals surface area contributed by atoms with E-state index in [0.29, 0.717) is 11.3 Å². The molecule has 2 N–H and O–H groups in total. The van der Waals surface area contributed by atoms with Gasteiger partial charge >= 0.3 is 5.97 Å². The Bertz CT molecular complexity index is 811. The molecule has 1 saturated carbocycles. The minimum absolute atomic E-state index is 0.0837. The summed E-state index contributed by atoms with van der Waals surface area (Å²) < 4.78 is 0. The van der Waals surface area contributed by atoms with Gasteiger partial charge in [-0.1, -0.05) is 11.8 Å². The highest BCUT2D eigenvalue weighted by Crippen LogP contribution is 2.39. The number of pyridine rings is 1. The second-order valence-corrected chi connectivity index (χ2v) is 8.21. The number of aryl methyl sites for hydroxylation is 1. The normalized spacial score (nSPS) is 24.8. The molecule has 1 aliphatic rings. The molecule has 0 unspecified atom stereocenters. The third-order valence-electron chi connectivity index (χ3n) is 4.70. The molecule has 2 aromatic heterocycles. The van der Waals surface area contributed by atoms with E-state index in [0.717, 1.165) is 29.7 Å². The first kappa shape index (κ1) is 18.9. The minimum Gasteiger partial charge on any atom is -0.477 e. The lowest BCUT2D eigenvalue weighted by molar-refractivity contribution is 0.0702. The van der Waals surface area contributed by atoms with Crippen molar-refractivity contribution in [2.45, 2.75) is 37.2 Å². The van der Waals surface area contributed by atoms with E-state index < -0.39 is 12.1 Å². The molecule has 26 heavy (non-hydrogen) atoms. The molecule has 1 fully saturated rings. The maximum atomic E-state index is 11.0. The summed E-state index contributed by atoms with van der Waals surface area (Å²) in [7, 11) is 0. The Morgan fingerprint density at radius 3 is 2.77 bits per heavy atom. The number of rotatable bonds is 5. The van der Waals surface area contributed by atoms with E-state index in [9.17, 15) is 9.90 Å². The molecule has 0 amide bonds. The Labute approximate surface area is 161 Å². The van der Waals surface area contributed by atoms with Crippen LogP contribution in [-0.4, -0.2) is 32.6 Å². The highest BCUT2D eigenvalue weighted by atomic mass is 35.5. The zero-order valence-electron chi connectivity index (χ0n) is 14.1. The average Bonchev–Trinajstić information content (AvgIpc) is 3.19. The van der Waals surface area contributed by atoms with Crippen molar-refractivity contribution in [3.63, 3.8) is 0 Å². The lowest BCUT2D eigenvalue weighted by atomic mass is 9.90. The molecule has 4 nitrogen and oxygen atoms in total. The highest BCUT2D eigenvalue weighted by Gasteiger charge is 2.40. The standard InChI is InChI=1S/C20H20ClNO3S/c21-17-12-18(23)16(6-4-13-8-10-22-11-9-13)15(17)3-1-2-14-5-7-19(26-14)20(24)25/h5,7-11,15-18,23H,1-3,12H2,(H,24,25)/t15-,16-,17+,18-/m1/s1. The fraction of sp³-hybridized carbons (Fsp3) is 0.400. The topological polar surface area (TPSA) is 70.4 Å². The third kappa shape index (κ3) is 4.64. The Morgan fingerprint density at radius 1 is 1.31 bits per heavy atom. The van der Waals surface area contributed by atoms with Crippen LogP contribution in [0.3, 0.4) is 0 Å². The van der Waals surface area contributed by atoms with E-state index in [-0.39, 0.29) is 17.2 Å². The summed E-state index contributed by atoms with van der Waals surface area (Å²) in [5.41, 5.74) is 0.878. The van der Waals surface area contributed by atoms with Gasteiger partial charge in [-0.25, -0.2) is 4.79 Å².